The highest BCUT2D eigenvalue weighted by Crippen LogP contribution is 2.18. The summed E-state index contributed by atoms with van der Waals surface area (Å²) in [5.74, 6) is 0.0107. The van der Waals surface area contributed by atoms with Gasteiger partial charge in [0.15, 0.2) is 0 Å². The third-order valence-electron chi connectivity index (χ3n) is 3.38. The largest absolute Gasteiger partial charge is 0.324 e. The number of carbonyl (C=O) groups is 1. The van der Waals surface area contributed by atoms with Gasteiger partial charge in [0.25, 0.3) is 5.69 Å². The fraction of sp³-hybridized carbons (Fsp3) is 0.125. The van der Waals surface area contributed by atoms with Crippen LogP contribution in [-0.4, -0.2) is 31.0 Å². The van der Waals surface area contributed by atoms with Gasteiger partial charge in [-0.1, -0.05) is 12.1 Å². The zero-order valence-electron chi connectivity index (χ0n) is 13.3. The number of hydrogen-bond donors (Lipinski definition) is 1. The second-order valence-electron chi connectivity index (χ2n) is 5.37. The summed E-state index contributed by atoms with van der Waals surface area (Å²) in [6.07, 6.45) is 0. The minimum absolute atomic E-state index is 0.0197. The highest BCUT2D eigenvalue weighted by Gasteiger charge is 2.11. The average molecular weight is 338 g/mol. The number of nitrogens with zero attached hydrogens (tertiary/aromatic N) is 5. The molecule has 0 aliphatic rings. The maximum atomic E-state index is 12.0. The molecule has 0 fully saturated rings. The monoisotopic (exact) mass is 338 g/mol. The Balaban J connectivity index is 1.67. The molecule has 0 aliphatic heterocycles. The van der Waals surface area contributed by atoms with E-state index < -0.39 is 4.92 Å². The lowest BCUT2D eigenvalue weighted by Gasteiger charge is -2.04. The van der Waals surface area contributed by atoms with E-state index in [1.165, 1.54) is 29.1 Å². The summed E-state index contributed by atoms with van der Waals surface area (Å²) in [6.45, 7) is 1.85. The predicted octanol–water partition coefficient (Wildman–Crippen LogP) is 2.20. The third kappa shape index (κ3) is 4.02. The zero-order chi connectivity index (χ0) is 17.8. The number of aromatic nitrogens is 4. The number of nitrogens with one attached hydrogen (secondary N) is 1. The van der Waals surface area contributed by atoms with Gasteiger partial charge in [-0.3, -0.25) is 14.9 Å². The normalized spacial score (nSPS) is 10.4. The summed E-state index contributed by atoms with van der Waals surface area (Å²) in [4.78, 5) is 23.4. The summed E-state index contributed by atoms with van der Waals surface area (Å²) in [5.41, 5.74) is 2.29. The molecule has 3 rings (SSSR count). The van der Waals surface area contributed by atoms with Crippen molar-refractivity contribution in [2.75, 3.05) is 5.32 Å². The fourth-order valence-electron chi connectivity index (χ4n) is 2.21. The molecule has 1 heterocycles. The summed E-state index contributed by atoms with van der Waals surface area (Å²) in [5, 5.41) is 25.2. The average Bonchev–Trinajstić information content (AvgIpc) is 3.03. The van der Waals surface area contributed by atoms with Crippen molar-refractivity contribution >= 4 is 17.3 Å². The van der Waals surface area contributed by atoms with Crippen LogP contribution in [0.3, 0.4) is 0 Å². The van der Waals surface area contributed by atoms with Crippen molar-refractivity contribution < 1.29 is 9.72 Å². The Hall–Kier alpha value is -3.62. The van der Waals surface area contributed by atoms with Gasteiger partial charge in [-0.15, -0.1) is 10.2 Å². The van der Waals surface area contributed by atoms with Crippen molar-refractivity contribution in [2.24, 2.45) is 0 Å². The first kappa shape index (κ1) is 16.2. The fourth-order valence-corrected chi connectivity index (χ4v) is 2.21. The molecule has 0 spiro atoms. The highest BCUT2D eigenvalue weighted by molar-refractivity contribution is 5.90. The van der Waals surface area contributed by atoms with E-state index in [0.29, 0.717) is 17.1 Å². The number of nitro benzene ring substituents is 1. The van der Waals surface area contributed by atoms with Gasteiger partial charge in [0.2, 0.25) is 11.7 Å². The minimum atomic E-state index is -0.482. The lowest BCUT2D eigenvalue weighted by Crippen LogP contribution is -2.20. The van der Waals surface area contributed by atoms with Crippen LogP contribution in [0.1, 0.15) is 5.56 Å². The van der Waals surface area contributed by atoms with Crippen molar-refractivity contribution in [1.29, 1.82) is 0 Å². The van der Waals surface area contributed by atoms with Crippen molar-refractivity contribution in [2.45, 2.75) is 13.5 Å². The Kier molecular flexibility index (Phi) is 4.46. The molecule has 0 saturated carbocycles. The molecule has 1 aromatic heterocycles. The van der Waals surface area contributed by atoms with Crippen LogP contribution in [0.25, 0.3) is 11.4 Å². The molecule has 0 unspecified atom stereocenters. The van der Waals surface area contributed by atoms with E-state index in [1.54, 1.807) is 6.07 Å². The number of carbonyl (C=O) groups excluding carboxylic acids is 1. The van der Waals surface area contributed by atoms with Crippen LogP contribution in [-0.2, 0) is 11.3 Å². The van der Waals surface area contributed by atoms with E-state index in [-0.39, 0.29) is 18.1 Å². The standard InChI is InChI=1S/C16H14N6O3/c1-11-3-2-4-13(9-11)17-15(23)10-21-19-16(18-20-21)12-5-7-14(8-6-12)22(24)25/h2-9H,10H2,1H3,(H,17,23). The van der Waals surface area contributed by atoms with E-state index in [4.69, 9.17) is 0 Å². The minimum Gasteiger partial charge on any atom is -0.324 e. The molecule has 3 aromatic rings. The molecular formula is C16H14N6O3. The maximum absolute atomic E-state index is 12.0. The molecule has 0 bridgehead atoms. The van der Waals surface area contributed by atoms with Crippen molar-refractivity contribution in [1.82, 2.24) is 20.2 Å². The molecule has 9 nitrogen and oxygen atoms in total. The highest BCUT2D eigenvalue weighted by atomic mass is 16.6. The number of benzene rings is 2. The number of tetrazole rings is 1. The zero-order valence-corrected chi connectivity index (χ0v) is 13.3. The van der Waals surface area contributed by atoms with Crippen molar-refractivity contribution in [3.8, 4) is 11.4 Å². The quantitative estimate of drug-likeness (QED) is 0.563. The molecular weight excluding hydrogens is 324 g/mol. The van der Waals surface area contributed by atoms with Crippen LogP contribution in [0.4, 0.5) is 11.4 Å². The lowest BCUT2D eigenvalue weighted by molar-refractivity contribution is -0.384. The van der Waals surface area contributed by atoms with Gasteiger partial charge >= 0.3 is 0 Å². The summed E-state index contributed by atoms with van der Waals surface area (Å²) >= 11 is 0. The number of anilines is 1. The maximum Gasteiger partial charge on any atom is 0.269 e. The molecule has 0 aliphatic carbocycles. The SMILES string of the molecule is Cc1cccc(NC(=O)Cn2nnc(-c3ccc([N+](=O)[O-])cc3)n2)c1. The lowest BCUT2D eigenvalue weighted by atomic mass is 10.2. The van der Waals surface area contributed by atoms with Crippen LogP contribution < -0.4 is 5.32 Å². The molecule has 2 aromatic carbocycles. The van der Waals surface area contributed by atoms with Crippen LogP contribution in [0.2, 0.25) is 0 Å². The summed E-state index contributed by atoms with van der Waals surface area (Å²) < 4.78 is 0. The van der Waals surface area contributed by atoms with Gasteiger partial charge in [-0.2, -0.15) is 4.80 Å². The van der Waals surface area contributed by atoms with E-state index in [1.807, 2.05) is 25.1 Å². The summed E-state index contributed by atoms with van der Waals surface area (Å²) in [6, 6.07) is 13.2. The van der Waals surface area contributed by atoms with Gasteiger partial charge in [-0.05, 0) is 42.0 Å². The van der Waals surface area contributed by atoms with Gasteiger partial charge in [-0.25, -0.2) is 0 Å². The van der Waals surface area contributed by atoms with Crippen molar-refractivity contribution in [3.05, 3.63) is 64.2 Å². The topological polar surface area (TPSA) is 116 Å². The van der Waals surface area contributed by atoms with Gasteiger partial charge in [0.05, 0.1) is 4.92 Å². The van der Waals surface area contributed by atoms with Crippen LogP contribution in [0.15, 0.2) is 48.5 Å². The number of nitro groups is 1. The van der Waals surface area contributed by atoms with Gasteiger partial charge < -0.3 is 5.32 Å². The first-order valence-electron chi connectivity index (χ1n) is 7.40. The van der Waals surface area contributed by atoms with Crippen LogP contribution in [0, 0.1) is 17.0 Å². The first-order valence-corrected chi connectivity index (χ1v) is 7.40. The predicted molar refractivity (Wildman–Crippen MR) is 89.7 cm³/mol. The number of non-ortho nitro benzene ring substituents is 1. The van der Waals surface area contributed by atoms with E-state index in [9.17, 15) is 14.9 Å². The molecule has 1 N–H and O–H groups in total. The smallest absolute Gasteiger partial charge is 0.269 e. The Morgan fingerprint density at radius 3 is 2.68 bits per heavy atom. The molecule has 0 atom stereocenters. The van der Waals surface area contributed by atoms with Crippen LogP contribution in [0.5, 0.6) is 0 Å². The number of amides is 1. The summed E-state index contributed by atoms with van der Waals surface area (Å²) in [7, 11) is 0. The first-order chi connectivity index (χ1) is 12.0. The number of hydrogen-bond acceptors (Lipinski definition) is 6. The molecule has 25 heavy (non-hydrogen) atoms. The van der Waals surface area contributed by atoms with Gasteiger partial charge in [0.1, 0.15) is 6.54 Å². The molecule has 126 valence electrons. The Morgan fingerprint density at radius 2 is 2.00 bits per heavy atom. The number of rotatable bonds is 5. The third-order valence-corrected chi connectivity index (χ3v) is 3.38. The Labute approximate surface area is 142 Å². The van der Waals surface area contributed by atoms with Gasteiger partial charge in [0, 0.05) is 23.4 Å². The molecule has 9 heteroatoms. The second kappa shape index (κ2) is 6.87. The second-order valence-corrected chi connectivity index (χ2v) is 5.37. The molecule has 0 radical (unpaired) electrons. The Bertz CT molecular complexity index is 920. The molecule has 1 amide bonds. The van der Waals surface area contributed by atoms with Crippen molar-refractivity contribution in [3.63, 3.8) is 0 Å². The van der Waals surface area contributed by atoms with E-state index in [2.05, 4.69) is 20.7 Å². The van der Waals surface area contributed by atoms with E-state index in [0.717, 1.165) is 5.56 Å². The number of aryl methyl sites for hydroxylation is 1. The Morgan fingerprint density at radius 1 is 1.24 bits per heavy atom. The molecule has 0 saturated heterocycles. The van der Waals surface area contributed by atoms with Crippen LogP contribution >= 0.6 is 0 Å². The van der Waals surface area contributed by atoms with E-state index >= 15 is 0 Å².